The summed E-state index contributed by atoms with van der Waals surface area (Å²) in [6.45, 7) is 2.73. The molecule has 25 heavy (non-hydrogen) atoms. The summed E-state index contributed by atoms with van der Waals surface area (Å²) in [6.07, 6.45) is 0. The second-order valence-electron chi connectivity index (χ2n) is 5.93. The van der Waals surface area contributed by atoms with Crippen molar-refractivity contribution in [1.82, 2.24) is 9.21 Å². The molecular formula is C16H20N2O4S3. The summed E-state index contributed by atoms with van der Waals surface area (Å²) in [5.74, 6) is 2.19. The van der Waals surface area contributed by atoms with Crippen molar-refractivity contribution in [1.29, 1.82) is 0 Å². The summed E-state index contributed by atoms with van der Waals surface area (Å²) in [5, 5.41) is 0. The van der Waals surface area contributed by atoms with Crippen LogP contribution in [-0.2, 0) is 14.8 Å². The fourth-order valence-corrected chi connectivity index (χ4v) is 6.95. The highest BCUT2D eigenvalue weighted by atomic mass is 32.2. The second kappa shape index (κ2) is 7.69. The highest BCUT2D eigenvalue weighted by molar-refractivity contribution is 8.00. The standard InChI is InChI=1S/C16H20N2O4S3/c1-12(19)13-3-2-4-14(9-13)25(21,22)18-11-24-10-15(18)16(20)17-5-7-23-8-6-17/h2-4,9,15H,5-8,10-11H2,1H3/t15-/m1/s1. The number of carbonyl (C=O) groups is 2. The van der Waals surface area contributed by atoms with Crippen LogP contribution in [0.5, 0.6) is 0 Å². The van der Waals surface area contributed by atoms with Crippen LogP contribution in [0.3, 0.4) is 0 Å². The number of hydrogen-bond donors (Lipinski definition) is 0. The predicted octanol–water partition coefficient (Wildman–Crippen LogP) is 1.53. The van der Waals surface area contributed by atoms with Crippen LogP contribution < -0.4 is 0 Å². The first-order chi connectivity index (χ1) is 11.9. The average Bonchev–Trinajstić information content (AvgIpc) is 3.12. The molecule has 2 aliphatic heterocycles. The maximum atomic E-state index is 13.0. The highest BCUT2D eigenvalue weighted by Crippen LogP contribution is 2.30. The Morgan fingerprint density at radius 2 is 1.88 bits per heavy atom. The first kappa shape index (κ1) is 18.8. The van der Waals surface area contributed by atoms with Gasteiger partial charge in [-0.2, -0.15) is 16.1 Å². The molecule has 3 rings (SSSR count). The van der Waals surface area contributed by atoms with E-state index in [0.717, 1.165) is 11.5 Å². The summed E-state index contributed by atoms with van der Waals surface area (Å²) in [6, 6.07) is 5.35. The molecule has 6 nitrogen and oxygen atoms in total. The van der Waals surface area contributed by atoms with Crippen molar-refractivity contribution in [3.05, 3.63) is 29.8 Å². The molecule has 0 N–H and O–H groups in total. The summed E-state index contributed by atoms with van der Waals surface area (Å²) >= 11 is 3.24. The smallest absolute Gasteiger partial charge is 0.244 e. The van der Waals surface area contributed by atoms with E-state index in [9.17, 15) is 18.0 Å². The van der Waals surface area contributed by atoms with Crippen LogP contribution >= 0.6 is 23.5 Å². The van der Waals surface area contributed by atoms with Gasteiger partial charge in [-0.3, -0.25) is 9.59 Å². The lowest BCUT2D eigenvalue weighted by molar-refractivity contribution is -0.133. The van der Waals surface area contributed by atoms with Gasteiger partial charge in [0.05, 0.1) is 10.8 Å². The number of ketones is 1. The molecule has 1 aromatic carbocycles. The average molecular weight is 401 g/mol. The minimum Gasteiger partial charge on any atom is -0.340 e. The molecule has 1 amide bonds. The van der Waals surface area contributed by atoms with Crippen molar-refractivity contribution >= 4 is 45.2 Å². The predicted molar refractivity (Wildman–Crippen MR) is 100 cm³/mol. The fourth-order valence-electron chi connectivity index (χ4n) is 2.86. The Bertz CT molecular complexity index is 775. The van der Waals surface area contributed by atoms with Crippen molar-refractivity contribution in [2.24, 2.45) is 0 Å². The molecule has 0 aromatic heterocycles. The maximum absolute atomic E-state index is 13.0. The molecule has 2 saturated heterocycles. The van der Waals surface area contributed by atoms with E-state index in [0.29, 0.717) is 24.4 Å². The van der Waals surface area contributed by atoms with E-state index in [4.69, 9.17) is 0 Å². The van der Waals surface area contributed by atoms with Gasteiger partial charge in [0.1, 0.15) is 6.04 Å². The molecule has 2 fully saturated rings. The lowest BCUT2D eigenvalue weighted by Crippen LogP contribution is -2.51. The zero-order chi connectivity index (χ0) is 18.0. The fraction of sp³-hybridized carbons (Fsp3) is 0.500. The number of Topliss-reactive ketones (excluding diaryl/α,β-unsaturated/α-hetero) is 1. The first-order valence-electron chi connectivity index (χ1n) is 7.98. The van der Waals surface area contributed by atoms with E-state index in [1.165, 1.54) is 35.1 Å². The van der Waals surface area contributed by atoms with Gasteiger partial charge >= 0.3 is 0 Å². The van der Waals surface area contributed by atoms with Crippen LogP contribution in [0.2, 0.25) is 0 Å². The molecule has 0 aliphatic carbocycles. The Labute approximate surface area is 156 Å². The zero-order valence-corrected chi connectivity index (χ0v) is 16.3. The van der Waals surface area contributed by atoms with E-state index in [1.54, 1.807) is 28.8 Å². The number of carbonyl (C=O) groups excluding carboxylic acids is 2. The van der Waals surface area contributed by atoms with Crippen molar-refractivity contribution in [3.63, 3.8) is 0 Å². The number of hydrogen-bond acceptors (Lipinski definition) is 6. The summed E-state index contributed by atoms with van der Waals surface area (Å²) in [5.41, 5.74) is 0.351. The van der Waals surface area contributed by atoms with Gasteiger partial charge < -0.3 is 4.90 Å². The summed E-state index contributed by atoms with van der Waals surface area (Å²) in [7, 11) is -3.82. The third kappa shape index (κ3) is 3.89. The van der Waals surface area contributed by atoms with Gasteiger partial charge in [0.2, 0.25) is 15.9 Å². The molecule has 2 aliphatic rings. The third-order valence-electron chi connectivity index (χ3n) is 4.30. The van der Waals surface area contributed by atoms with Crippen molar-refractivity contribution in [2.45, 2.75) is 17.9 Å². The second-order valence-corrected chi connectivity index (χ2v) is 10.0. The minimum atomic E-state index is -3.82. The van der Waals surface area contributed by atoms with Gasteiger partial charge in [0, 0.05) is 35.9 Å². The van der Waals surface area contributed by atoms with Gasteiger partial charge in [0.15, 0.2) is 5.78 Å². The van der Waals surface area contributed by atoms with Crippen molar-refractivity contribution in [3.8, 4) is 0 Å². The topological polar surface area (TPSA) is 74.8 Å². The third-order valence-corrected chi connectivity index (χ3v) is 8.27. The molecule has 0 bridgehead atoms. The van der Waals surface area contributed by atoms with E-state index in [1.807, 2.05) is 0 Å². The SMILES string of the molecule is CC(=O)c1cccc(S(=O)(=O)N2CSC[C@@H]2C(=O)N2CCSCC2)c1. The van der Waals surface area contributed by atoms with E-state index in [2.05, 4.69) is 0 Å². The lowest BCUT2D eigenvalue weighted by Gasteiger charge is -2.31. The summed E-state index contributed by atoms with van der Waals surface area (Å²) < 4.78 is 27.3. The highest BCUT2D eigenvalue weighted by Gasteiger charge is 2.42. The van der Waals surface area contributed by atoms with Gasteiger partial charge in [-0.15, -0.1) is 11.8 Å². The molecule has 1 atom stereocenters. The number of amides is 1. The molecule has 0 saturated carbocycles. The normalized spacial score (nSPS) is 22.1. The maximum Gasteiger partial charge on any atom is 0.244 e. The summed E-state index contributed by atoms with van der Waals surface area (Å²) in [4.78, 5) is 26.2. The lowest BCUT2D eigenvalue weighted by atomic mass is 10.2. The number of thioether (sulfide) groups is 2. The largest absolute Gasteiger partial charge is 0.340 e. The Morgan fingerprint density at radius 1 is 1.16 bits per heavy atom. The van der Waals surface area contributed by atoms with Crippen LogP contribution in [0.15, 0.2) is 29.2 Å². The first-order valence-corrected chi connectivity index (χ1v) is 11.7. The van der Waals surface area contributed by atoms with Crippen LogP contribution in [0, 0.1) is 0 Å². The number of sulfonamides is 1. The Morgan fingerprint density at radius 3 is 2.56 bits per heavy atom. The van der Waals surface area contributed by atoms with Gasteiger partial charge in [-0.05, 0) is 19.1 Å². The van der Waals surface area contributed by atoms with Gasteiger partial charge in [0.25, 0.3) is 0 Å². The van der Waals surface area contributed by atoms with E-state index < -0.39 is 16.1 Å². The van der Waals surface area contributed by atoms with Crippen molar-refractivity contribution in [2.75, 3.05) is 36.2 Å². The minimum absolute atomic E-state index is 0.0645. The molecule has 0 unspecified atom stereocenters. The zero-order valence-electron chi connectivity index (χ0n) is 13.9. The quantitative estimate of drug-likeness (QED) is 0.714. The molecule has 0 spiro atoms. The number of benzene rings is 1. The Hall–Kier alpha value is -1.03. The number of nitrogens with zero attached hydrogens (tertiary/aromatic N) is 2. The van der Waals surface area contributed by atoms with Crippen LogP contribution in [0.1, 0.15) is 17.3 Å². The molecule has 9 heteroatoms. The van der Waals surface area contributed by atoms with Crippen molar-refractivity contribution < 1.29 is 18.0 Å². The van der Waals surface area contributed by atoms with Crippen LogP contribution in [0.25, 0.3) is 0 Å². The molecule has 2 heterocycles. The molecule has 136 valence electrons. The molecule has 1 aromatic rings. The van der Waals surface area contributed by atoms with Crippen LogP contribution in [-0.4, -0.2) is 71.6 Å². The van der Waals surface area contributed by atoms with Crippen LogP contribution in [0.4, 0.5) is 0 Å². The Kier molecular flexibility index (Phi) is 5.77. The van der Waals surface area contributed by atoms with E-state index >= 15 is 0 Å². The number of rotatable bonds is 4. The van der Waals surface area contributed by atoms with Gasteiger partial charge in [-0.25, -0.2) is 8.42 Å². The monoisotopic (exact) mass is 400 g/mol. The van der Waals surface area contributed by atoms with Gasteiger partial charge in [-0.1, -0.05) is 12.1 Å². The Balaban J connectivity index is 1.86. The molecular weight excluding hydrogens is 380 g/mol. The molecule has 0 radical (unpaired) electrons. The van der Waals surface area contributed by atoms with E-state index in [-0.39, 0.29) is 22.5 Å².